The van der Waals surface area contributed by atoms with Crippen LogP contribution >= 0.6 is 11.6 Å². The van der Waals surface area contributed by atoms with E-state index in [1.807, 2.05) is 41.4 Å². The van der Waals surface area contributed by atoms with E-state index in [1.165, 1.54) is 5.56 Å². The van der Waals surface area contributed by atoms with Gasteiger partial charge in [0.1, 0.15) is 0 Å². The number of halogens is 1. The molecule has 1 aromatic heterocycles. The Labute approximate surface area is 164 Å². The molecule has 0 aliphatic carbocycles. The lowest BCUT2D eigenvalue weighted by Gasteiger charge is -2.36. The van der Waals surface area contributed by atoms with Crippen molar-refractivity contribution in [3.63, 3.8) is 0 Å². The first kappa shape index (κ1) is 18.4. The van der Waals surface area contributed by atoms with Crippen LogP contribution in [0.3, 0.4) is 0 Å². The Bertz CT molecular complexity index is 762. The van der Waals surface area contributed by atoms with Gasteiger partial charge < -0.3 is 4.90 Å². The molecule has 27 heavy (non-hydrogen) atoms. The van der Waals surface area contributed by atoms with Crippen LogP contribution in [0, 0.1) is 5.92 Å². The third-order valence-electron chi connectivity index (χ3n) is 5.34. The van der Waals surface area contributed by atoms with Gasteiger partial charge in [-0.15, -0.1) is 0 Å². The van der Waals surface area contributed by atoms with Gasteiger partial charge in [-0.2, -0.15) is 0 Å². The van der Waals surface area contributed by atoms with E-state index in [9.17, 15) is 4.79 Å². The highest BCUT2D eigenvalue weighted by atomic mass is 35.5. The number of piperazine rings is 1. The molecule has 2 N–H and O–H groups in total. The molecule has 142 valence electrons. The molecule has 2 saturated heterocycles. The van der Waals surface area contributed by atoms with Gasteiger partial charge in [0.05, 0.1) is 12.0 Å². The number of carbonyl (C=O) groups excluding carboxylic acids is 1. The second kappa shape index (κ2) is 8.35. The molecule has 4 rings (SSSR count). The normalized spacial score (nSPS) is 23.5. The molecule has 0 bridgehead atoms. The fraction of sp³-hybridized carbons (Fsp3) is 0.400. The molecule has 7 heteroatoms. The number of pyridine rings is 1. The molecule has 0 radical (unpaired) electrons. The van der Waals surface area contributed by atoms with Crippen LogP contribution in [-0.2, 0) is 11.3 Å². The van der Waals surface area contributed by atoms with Crippen molar-refractivity contribution in [2.24, 2.45) is 5.92 Å². The van der Waals surface area contributed by atoms with E-state index in [1.54, 1.807) is 6.20 Å². The van der Waals surface area contributed by atoms with E-state index >= 15 is 0 Å². The fourth-order valence-electron chi connectivity index (χ4n) is 3.82. The molecule has 1 amide bonds. The van der Waals surface area contributed by atoms with Gasteiger partial charge in [-0.05, 0) is 29.3 Å². The summed E-state index contributed by atoms with van der Waals surface area (Å²) in [6.07, 6.45) is 3.70. The monoisotopic (exact) mass is 385 g/mol. The molecule has 2 aliphatic rings. The summed E-state index contributed by atoms with van der Waals surface area (Å²) in [7, 11) is 0. The number of hydrazine groups is 1. The van der Waals surface area contributed by atoms with Crippen LogP contribution in [0.15, 0.2) is 48.8 Å². The first-order valence-electron chi connectivity index (χ1n) is 9.34. The van der Waals surface area contributed by atoms with E-state index in [2.05, 4.69) is 26.8 Å². The van der Waals surface area contributed by atoms with Crippen LogP contribution in [0.4, 0.5) is 0 Å². The maximum Gasteiger partial charge on any atom is 0.229 e. The molecule has 0 saturated carbocycles. The third-order valence-corrected chi connectivity index (χ3v) is 5.59. The van der Waals surface area contributed by atoms with Crippen LogP contribution in [-0.4, -0.2) is 53.4 Å². The minimum absolute atomic E-state index is 0.0248. The van der Waals surface area contributed by atoms with E-state index in [0.717, 1.165) is 38.3 Å². The third kappa shape index (κ3) is 4.30. The quantitative estimate of drug-likeness (QED) is 0.841. The Morgan fingerprint density at radius 1 is 1.15 bits per heavy atom. The molecule has 3 heterocycles. The highest BCUT2D eigenvalue weighted by molar-refractivity contribution is 6.30. The van der Waals surface area contributed by atoms with Gasteiger partial charge in [-0.25, -0.2) is 5.43 Å². The largest absolute Gasteiger partial charge is 0.340 e. The number of hydrogen-bond donors (Lipinski definition) is 2. The van der Waals surface area contributed by atoms with Crippen molar-refractivity contribution in [1.82, 2.24) is 25.6 Å². The highest BCUT2D eigenvalue weighted by Crippen LogP contribution is 2.28. The topological polar surface area (TPSA) is 60.5 Å². The summed E-state index contributed by atoms with van der Waals surface area (Å²) in [4.78, 5) is 21.7. The highest BCUT2D eigenvalue weighted by Gasteiger charge is 2.37. The first-order valence-corrected chi connectivity index (χ1v) is 9.72. The number of aromatic nitrogens is 1. The van der Waals surface area contributed by atoms with Crippen LogP contribution in [0.5, 0.6) is 0 Å². The standard InChI is InChI=1S/C20H24ClN5O/c21-17-5-3-16(4-6-17)19-18(13-23-24-19)20(27)26-10-8-25(9-11-26)14-15-2-1-7-22-12-15/h1-7,12,18-19,23-24H,8-11,13-14H2. The Kier molecular flexibility index (Phi) is 5.69. The fourth-order valence-corrected chi connectivity index (χ4v) is 3.95. The smallest absolute Gasteiger partial charge is 0.229 e. The maximum atomic E-state index is 13.1. The number of benzene rings is 1. The van der Waals surface area contributed by atoms with Crippen LogP contribution < -0.4 is 10.9 Å². The van der Waals surface area contributed by atoms with E-state index in [4.69, 9.17) is 11.6 Å². The molecule has 2 atom stereocenters. The van der Waals surface area contributed by atoms with Crippen LogP contribution in [0.1, 0.15) is 17.2 Å². The van der Waals surface area contributed by atoms with Crippen molar-refractivity contribution in [3.8, 4) is 0 Å². The molecule has 2 fully saturated rings. The zero-order valence-corrected chi connectivity index (χ0v) is 15.9. The Morgan fingerprint density at radius 2 is 1.93 bits per heavy atom. The van der Waals surface area contributed by atoms with Crippen molar-refractivity contribution >= 4 is 17.5 Å². The lowest BCUT2D eigenvalue weighted by atomic mass is 9.93. The number of rotatable bonds is 4. The van der Waals surface area contributed by atoms with Crippen molar-refractivity contribution in [3.05, 3.63) is 64.9 Å². The number of nitrogens with zero attached hydrogens (tertiary/aromatic N) is 3. The lowest BCUT2D eigenvalue weighted by molar-refractivity contribution is -0.137. The zero-order chi connectivity index (χ0) is 18.6. The maximum absolute atomic E-state index is 13.1. The van der Waals surface area contributed by atoms with Gasteiger partial charge in [0.25, 0.3) is 0 Å². The molecule has 2 aliphatic heterocycles. The Morgan fingerprint density at radius 3 is 2.63 bits per heavy atom. The number of nitrogens with one attached hydrogen (secondary N) is 2. The van der Waals surface area contributed by atoms with Crippen LogP contribution in [0.25, 0.3) is 0 Å². The number of carbonyl (C=O) groups is 1. The second-order valence-electron chi connectivity index (χ2n) is 7.12. The van der Waals surface area contributed by atoms with Crippen LogP contribution in [0.2, 0.25) is 5.02 Å². The van der Waals surface area contributed by atoms with Crippen molar-refractivity contribution < 1.29 is 4.79 Å². The summed E-state index contributed by atoms with van der Waals surface area (Å²) in [5, 5.41) is 0.706. The molecular formula is C20H24ClN5O. The average molecular weight is 386 g/mol. The van der Waals surface area contributed by atoms with Gasteiger partial charge in [0, 0.05) is 56.7 Å². The molecular weight excluding hydrogens is 362 g/mol. The van der Waals surface area contributed by atoms with Crippen molar-refractivity contribution in [1.29, 1.82) is 0 Å². The summed E-state index contributed by atoms with van der Waals surface area (Å²) in [6, 6.07) is 11.7. The molecule has 0 spiro atoms. The van der Waals surface area contributed by atoms with E-state index in [-0.39, 0.29) is 17.9 Å². The lowest BCUT2D eigenvalue weighted by Crippen LogP contribution is -2.50. The van der Waals surface area contributed by atoms with Crippen molar-refractivity contribution in [2.75, 3.05) is 32.7 Å². The average Bonchev–Trinajstić information content (AvgIpc) is 3.19. The molecule has 1 aromatic carbocycles. The van der Waals surface area contributed by atoms with Gasteiger partial charge in [-0.3, -0.25) is 20.1 Å². The zero-order valence-electron chi connectivity index (χ0n) is 15.1. The molecule has 2 unspecified atom stereocenters. The second-order valence-corrected chi connectivity index (χ2v) is 7.56. The SMILES string of the molecule is O=C(C1CNNC1c1ccc(Cl)cc1)N1CCN(Cc2cccnc2)CC1. The van der Waals surface area contributed by atoms with Gasteiger partial charge in [-0.1, -0.05) is 29.8 Å². The summed E-state index contributed by atoms with van der Waals surface area (Å²) in [5.74, 6) is 0.115. The summed E-state index contributed by atoms with van der Waals surface area (Å²) in [5.41, 5.74) is 8.69. The minimum Gasteiger partial charge on any atom is -0.340 e. The predicted molar refractivity (Wildman–Crippen MR) is 105 cm³/mol. The minimum atomic E-state index is -0.101. The van der Waals surface area contributed by atoms with Gasteiger partial charge >= 0.3 is 0 Å². The Balaban J connectivity index is 1.35. The summed E-state index contributed by atoms with van der Waals surface area (Å²) < 4.78 is 0. The number of hydrogen-bond acceptors (Lipinski definition) is 5. The molecule has 6 nitrogen and oxygen atoms in total. The number of amides is 1. The molecule has 2 aromatic rings. The van der Waals surface area contributed by atoms with Crippen molar-refractivity contribution in [2.45, 2.75) is 12.6 Å². The summed E-state index contributed by atoms with van der Waals surface area (Å²) >= 11 is 5.99. The van der Waals surface area contributed by atoms with E-state index < -0.39 is 0 Å². The first-order chi connectivity index (χ1) is 13.2. The predicted octanol–water partition coefficient (Wildman–Crippen LogP) is 1.84. The summed E-state index contributed by atoms with van der Waals surface area (Å²) in [6.45, 7) is 4.84. The van der Waals surface area contributed by atoms with E-state index in [0.29, 0.717) is 11.6 Å². The Hall–Kier alpha value is -1.99. The van der Waals surface area contributed by atoms with Gasteiger partial charge in [0.15, 0.2) is 0 Å². The van der Waals surface area contributed by atoms with Gasteiger partial charge in [0.2, 0.25) is 5.91 Å².